The van der Waals surface area contributed by atoms with Crippen LogP contribution in [0.2, 0.25) is 0 Å². The molecule has 0 aliphatic rings. The maximum Gasteiger partial charge on any atom is 0.220 e. The summed E-state index contributed by atoms with van der Waals surface area (Å²) in [6, 6.07) is 13.5. The second-order valence-electron chi connectivity index (χ2n) is 5.05. The highest BCUT2D eigenvalue weighted by Crippen LogP contribution is 2.22. The van der Waals surface area contributed by atoms with Gasteiger partial charge in [-0.15, -0.1) is 0 Å². The van der Waals surface area contributed by atoms with Gasteiger partial charge in [-0.3, -0.25) is 4.79 Å². The second-order valence-corrected chi connectivity index (χ2v) is 5.05. The summed E-state index contributed by atoms with van der Waals surface area (Å²) in [6.07, 6.45) is 2.06. The highest BCUT2D eigenvalue weighted by Gasteiger charge is 2.03. The molecule has 0 saturated heterocycles. The normalized spacial score (nSPS) is 10.3. The third-order valence-electron chi connectivity index (χ3n) is 3.16. The van der Waals surface area contributed by atoms with Crippen molar-refractivity contribution in [2.24, 2.45) is 0 Å². The predicted octanol–water partition coefficient (Wildman–Crippen LogP) is 4.08. The van der Waals surface area contributed by atoms with Gasteiger partial charge in [0.25, 0.3) is 0 Å². The third-order valence-corrected chi connectivity index (χ3v) is 3.16. The zero-order chi connectivity index (χ0) is 15.8. The van der Waals surface area contributed by atoms with Crippen LogP contribution in [0.3, 0.4) is 0 Å². The Morgan fingerprint density at radius 1 is 1.14 bits per heavy atom. The third kappa shape index (κ3) is 5.20. The van der Waals surface area contributed by atoms with Crippen molar-refractivity contribution in [2.45, 2.75) is 26.2 Å². The van der Waals surface area contributed by atoms with Crippen molar-refractivity contribution in [1.29, 1.82) is 0 Å². The molecule has 0 heterocycles. The molecule has 0 fully saturated rings. The van der Waals surface area contributed by atoms with Crippen molar-refractivity contribution in [3.8, 4) is 11.5 Å². The van der Waals surface area contributed by atoms with E-state index >= 15 is 0 Å². The number of rotatable bonds is 7. The lowest BCUT2D eigenvalue weighted by Gasteiger charge is -2.08. The molecule has 0 aliphatic carbocycles. The minimum atomic E-state index is -0.292. The van der Waals surface area contributed by atoms with E-state index in [1.807, 2.05) is 31.2 Å². The van der Waals surface area contributed by atoms with Crippen LogP contribution in [0.4, 0.5) is 4.39 Å². The minimum absolute atomic E-state index is 0.0618. The highest BCUT2D eigenvalue weighted by atomic mass is 19.1. The number of amides is 1. The zero-order valence-electron chi connectivity index (χ0n) is 12.6. The van der Waals surface area contributed by atoms with E-state index in [9.17, 15) is 9.18 Å². The topological polar surface area (TPSA) is 38.3 Å². The molecule has 2 rings (SSSR count). The van der Waals surface area contributed by atoms with Gasteiger partial charge in [-0.2, -0.15) is 0 Å². The Hall–Kier alpha value is -2.36. The van der Waals surface area contributed by atoms with Crippen molar-refractivity contribution in [1.82, 2.24) is 5.32 Å². The Balaban J connectivity index is 1.92. The fourth-order valence-electron chi connectivity index (χ4n) is 2.01. The summed E-state index contributed by atoms with van der Waals surface area (Å²) in [5.74, 6) is 1.03. The maximum atomic E-state index is 12.9. The Labute approximate surface area is 130 Å². The Kier molecular flexibility index (Phi) is 5.95. The van der Waals surface area contributed by atoms with Crippen molar-refractivity contribution < 1.29 is 13.9 Å². The fraction of sp³-hybridized carbons (Fsp3) is 0.278. The summed E-state index contributed by atoms with van der Waals surface area (Å²) in [7, 11) is 0. The number of hydrogen-bond acceptors (Lipinski definition) is 2. The largest absolute Gasteiger partial charge is 0.457 e. The maximum absolute atomic E-state index is 12.9. The molecule has 2 aromatic carbocycles. The SMILES string of the molecule is CCCNC(=O)CCc1cccc(Oc2ccc(F)cc2)c1. The predicted molar refractivity (Wildman–Crippen MR) is 84.5 cm³/mol. The van der Waals surface area contributed by atoms with Crippen LogP contribution in [-0.4, -0.2) is 12.5 Å². The van der Waals surface area contributed by atoms with Gasteiger partial charge in [0, 0.05) is 13.0 Å². The van der Waals surface area contributed by atoms with E-state index < -0.39 is 0 Å². The van der Waals surface area contributed by atoms with Crippen LogP contribution in [0.1, 0.15) is 25.3 Å². The van der Waals surface area contributed by atoms with E-state index in [2.05, 4.69) is 5.32 Å². The molecule has 3 nitrogen and oxygen atoms in total. The van der Waals surface area contributed by atoms with Crippen molar-refractivity contribution in [3.63, 3.8) is 0 Å². The van der Waals surface area contributed by atoms with Crippen LogP contribution < -0.4 is 10.1 Å². The molecule has 0 bridgehead atoms. The summed E-state index contributed by atoms with van der Waals surface area (Å²) in [5.41, 5.74) is 1.03. The monoisotopic (exact) mass is 301 g/mol. The molecule has 2 aromatic rings. The number of carbonyl (C=O) groups is 1. The number of benzene rings is 2. The molecular weight excluding hydrogens is 281 g/mol. The Morgan fingerprint density at radius 2 is 1.91 bits per heavy atom. The molecule has 0 radical (unpaired) electrons. The standard InChI is InChI=1S/C18H20FNO2/c1-2-12-20-18(21)11-6-14-4-3-5-17(13-14)22-16-9-7-15(19)8-10-16/h3-5,7-10,13H,2,6,11-12H2,1H3,(H,20,21). The zero-order valence-corrected chi connectivity index (χ0v) is 12.6. The summed E-state index contributed by atoms with van der Waals surface area (Å²) in [6.45, 7) is 2.74. The molecule has 0 saturated carbocycles. The number of halogens is 1. The molecule has 1 N–H and O–H groups in total. The first kappa shape index (κ1) is 16.0. The minimum Gasteiger partial charge on any atom is -0.457 e. The van der Waals surface area contributed by atoms with E-state index in [1.165, 1.54) is 12.1 Å². The second kappa shape index (κ2) is 8.17. The van der Waals surface area contributed by atoms with Gasteiger partial charge in [-0.1, -0.05) is 19.1 Å². The van der Waals surface area contributed by atoms with Crippen LogP contribution in [0, 0.1) is 5.82 Å². The van der Waals surface area contributed by atoms with Crippen LogP contribution >= 0.6 is 0 Å². The number of ether oxygens (including phenoxy) is 1. The smallest absolute Gasteiger partial charge is 0.220 e. The first-order valence-corrected chi connectivity index (χ1v) is 7.46. The molecule has 0 aromatic heterocycles. The summed E-state index contributed by atoms with van der Waals surface area (Å²) in [4.78, 5) is 11.6. The molecule has 0 atom stereocenters. The molecule has 4 heteroatoms. The van der Waals surface area contributed by atoms with Gasteiger partial charge in [-0.25, -0.2) is 4.39 Å². The van der Waals surface area contributed by atoms with Gasteiger partial charge in [0.05, 0.1) is 0 Å². The van der Waals surface area contributed by atoms with Crippen LogP contribution in [-0.2, 0) is 11.2 Å². The molecule has 116 valence electrons. The molecule has 0 aliphatic heterocycles. The Morgan fingerprint density at radius 3 is 2.64 bits per heavy atom. The average Bonchev–Trinajstić information content (AvgIpc) is 2.53. The van der Waals surface area contributed by atoms with E-state index in [1.54, 1.807) is 12.1 Å². The van der Waals surface area contributed by atoms with Gasteiger partial charge in [0.2, 0.25) is 5.91 Å². The quantitative estimate of drug-likeness (QED) is 0.837. The lowest BCUT2D eigenvalue weighted by Crippen LogP contribution is -2.24. The molecule has 0 unspecified atom stereocenters. The fourth-order valence-corrected chi connectivity index (χ4v) is 2.01. The summed E-state index contributed by atoms with van der Waals surface area (Å²) in [5, 5.41) is 2.86. The average molecular weight is 301 g/mol. The van der Waals surface area contributed by atoms with Gasteiger partial charge >= 0.3 is 0 Å². The first-order valence-electron chi connectivity index (χ1n) is 7.46. The van der Waals surface area contributed by atoms with Gasteiger partial charge < -0.3 is 10.1 Å². The van der Waals surface area contributed by atoms with Crippen LogP contribution in [0.15, 0.2) is 48.5 Å². The molecule has 0 spiro atoms. The summed E-state index contributed by atoms with van der Waals surface area (Å²) >= 11 is 0. The molecular formula is C18H20FNO2. The van der Waals surface area contributed by atoms with Crippen LogP contribution in [0.25, 0.3) is 0 Å². The number of nitrogens with one attached hydrogen (secondary N) is 1. The Bertz CT molecular complexity index is 611. The van der Waals surface area contributed by atoms with E-state index in [0.717, 1.165) is 12.0 Å². The van der Waals surface area contributed by atoms with Gasteiger partial charge in [0.1, 0.15) is 17.3 Å². The number of hydrogen-bond donors (Lipinski definition) is 1. The van der Waals surface area contributed by atoms with Crippen molar-refractivity contribution in [2.75, 3.05) is 6.54 Å². The highest BCUT2D eigenvalue weighted by molar-refractivity contribution is 5.76. The molecule has 1 amide bonds. The van der Waals surface area contributed by atoms with Crippen molar-refractivity contribution in [3.05, 3.63) is 59.9 Å². The van der Waals surface area contributed by atoms with Crippen molar-refractivity contribution >= 4 is 5.91 Å². The van der Waals surface area contributed by atoms with Gasteiger partial charge in [0.15, 0.2) is 0 Å². The molecule has 22 heavy (non-hydrogen) atoms. The lowest BCUT2D eigenvalue weighted by atomic mass is 10.1. The first-order chi connectivity index (χ1) is 10.7. The summed E-state index contributed by atoms with van der Waals surface area (Å²) < 4.78 is 18.5. The van der Waals surface area contributed by atoms with E-state index in [0.29, 0.717) is 30.9 Å². The number of aryl methyl sites for hydroxylation is 1. The van der Waals surface area contributed by atoms with Gasteiger partial charge in [-0.05, 0) is 54.8 Å². The lowest BCUT2D eigenvalue weighted by molar-refractivity contribution is -0.121. The van der Waals surface area contributed by atoms with E-state index in [4.69, 9.17) is 4.74 Å². The number of carbonyl (C=O) groups excluding carboxylic acids is 1. The van der Waals surface area contributed by atoms with Crippen LogP contribution in [0.5, 0.6) is 11.5 Å². The van der Waals surface area contributed by atoms with E-state index in [-0.39, 0.29) is 11.7 Å².